The number of fused-ring (bicyclic) bond motifs is 1. The van der Waals surface area contributed by atoms with Gasteiger partial charge in [0.25, 0.3) is 5.56 Å². The third-order valence-electron chi connectivity index (χ3n) is 11.7. The quantitative estimate of drug-likeness (QED) is 0.0909. The van der Waals surface area contributed by atoms with Crippen LogP contribution in [0.1, 0.15) is 86.6 Å². The first-order valence-electron chi connectivity index (χ1n) is 20.6. The second-order valence-electron chi connectivity index (χ2n) is 18.5. The molecule has 0 aliphatic carbocycles. The van der Waals surface area contributed by atoms with Gasteiger partial charge in [0.2, 0.25) is 5.91 Å². The van der Waals surface area contributed by atoms with Gasteiger partial charge in [-0.3, -0.25) is 28.5 Å². The maximum Gasteiger partial charge on any atom is 0.277 e. The van der Waals surface area contributed by atoms with E-state index in [9.17, 15) is 9.59 Å². The van der Waals surface area contributed by atoms with Crippen molar-refractivity contribution in [2.45, 2.75) is 123 Å². The summed E-state index contributed by atoms with van der Waals surface area (Å²) in [5.41, 5.74) is 1.05. The number of rotatable bonds is 16. The summed E-state index contributed by atoms with van der Waals surface area (Å²) in [6.45, 7) is 25.5. The molecule has 2 fully saturated rings. The van der Waals surface area contributed by atoms with Gasteiger partial charge in [-0.15, -0.1) is 0 Å². The van der Waals surface area contributed by atoms with Crippen molar-refractivity contribution in [1.29, 1.82) is 0 Å². The third kappa shape index (κ3) is 10.5. The van der Waals surface area contributed by atoms with E-state index in [2.05, 4.69) is 76.8 Å². The predicted molar refractivity (Wildman–Crippen MR) is 231 cm³/mol. The molecule has 1 unspecified atom stereocenters. The molecule has 6 rings (SSSR count). The highest BCUT2D eigenvalue weighted by Gasteiger charge is 2.38. The van der Waals surface area contributed by atoms with E-state index in [0.29, 0.717) is 55.0 Å². The number of pyridine rings is 1. The van der Waals surface area contributed by atoms with Gasteiger partial charge < -0.3 is 19.4 Å². The molecule has 4 aromatic heterocycles. The van der Waals surface area contributed by atoms with Crippen molar-refractivity contribution in [1.82, 2.24) is 39.0 Å². The molecule has 310 valence electrons. The van der Waals surface area contributed by atoms with Crippen LogP contribution < -0.4 is 15.8 Å². The third-order valence-corrected chi connectivity index (χ3v) is 17.7. The van der Waals surface area contributed by atoms with Crippen molar-refractivity contribution in [2.75, 3.05) is 49.6 Å². The smallest absolute Gasteiger partial charge is 0.277 e. The van der Waals surface area contributed by atoms with Crippen molar-refractivity contribution < 1.29 is 14.0 Å². The molecule has 6 heterocycles. The Morgan fingerprint density at radius 2 is 1.79 bits per heavy atom. The van der Waals surface area contributed by atoms with Crippen LogP contribution in [-0.4, -0.2) is 102 Å². The number of hydrogen-bond donors (Lipinski definition) is 1. The monoisotopic (exact) mass is 816 g/mol. The van der Waals surface area contributed by atoms with E-state index >= 15 is 0 Å². The Hall–Kier alpha value is -3.71. The number of nitrogens with one attached hydrogen (secondary N) is 1. The second kappa shape index (κ2) is 17.6. The fourth-order valence-electron chi connectivity index (χ4n) is 7.26. The van der Waals surface area contributed by atoms with Crippen molar-refractivity contribution in [3.05, 3.63) is 41.1 Å². The Bertz CT molecular complexity index is 2060. The van der Waals surface area contributed by atoms with Crippen molar-refractivity contribution in [2.24, 2.45) is 13.0 Å². The second-order valence-corrected chi connectivity index (χ2v) is 25.6. The molecule has 2 aliphatic rings. The van der Waals surface area contributed by atoms with E-state index < -0.39 is 8.32 Å². The number of amides is 1. The Labute approximate surface area is 341 Å². The van der Waals surface area contributed by atoms with Crippen LogP contribution in [-0.2, 0) is 27.7 Å². The minimum atomic E-state index is -1.93. The van der Waals surface area contributed by atoms with Gasteiger partial charge in [-0.05, 0) is 80.5 Å². The van der Waals surface area contributed by atoms with Crippen LogP contribution in [0.25, 0.3) is 22.3 Å². The number of aromatic nitrogens is 7. The summed E-state index contributed by atoms with van der Waals surface area (Å²) in [4.78, 5) is 45.3. The molecule has 1 N–H and O–H groups in total. The highest BCUT2D eigenvalue weighted by Crippen LogP contribution is 2.38. The first-order chi connectivity index (χ1) is 26.9. The zero-order chi connectivity index (χ0) is 41.1. The van der Waals surface area contributed by atoms with Crippen molar-refractivity contribution >= 4 is 52.1 Å². The molecule has 0 aromatic carbocycles. The van der Waals surface area contributed by atoms with Gasteiger partial charge in [0.1, 0.15) is 23.9 Å². The molecule has 0 saturated carbocycles. The summed E-state index contributed by atoms with van der Waals surface area (Å²) in [5, 5.41) is 9.73. The van der Waals surface area contributed by atoms with Crippen LogP contribution >= 0.6 is 0 Å². The number of carbonyl (C=O) groups is 1. The predicted octanol–water partition coefficient (Wildman–Crippen LogP) is 7.26. The fraction of sp³-hybridized carbons (Fsp3) is 0.659. The van der Waals surface area contributed by atoms with Gasteiger partial charge in [-0.25, -0.2) is 15.0 Å². The average molecular weight is 817 g/mol. The molecule has 2 aliphatic heterocycles. The van der Waals surface area contributed by atoms with E-state index in [-0.39, 0.29) is 40.2 Å². The summed E-state index contributed by atoms with van der Waals surface area (Å²) in [7, 11) is 0.592. The largest absolute Gasteiger partial charge is 0.417 e. The van der Waals surface area contributed by atoms with Crippen LogP contribution in [0.2, 0.25) is 29.2 Å². The molecule has 0 spiro atoms. The molecule has 16 heteroatoms. The van der Waals surface area contributed by atoms with Crippen molar-refractivity contribution in [3.8, 4) is 11.4 Å². The van der Waals surface area contributed by atoms with Crippen LogP contribution in [0, 0.1) is 5.92 Å². The lowest BCUT2D eigenvalue weighted by atomic mass is 10.1. The summed E-state index contributed by atoms with van der Waals surface area (Å²) >= 11 is 0. The molecule has 2 saturated heterocycles. The normalized spacial score (nSPS) is 17.9. The van der Waals surface area contributed by atoms with Crippen LogP contribution in [0.15, 0.2) is 35.5 Å². The zero-order valence-electron chi connectivity index (χ0n) is 35.9. The Morgan fingerprint density at radius 1 is 1.04 bits per heavy atom. The van der Waals surface area contributed by atoms with E-state index in [1.165, 1.54) is 23.9 Å². The number of nitrogens with zero attached hydrogens (tertiary/aromatic N) is 9. The van der Waals surface area contributed by atoms with Gasteiger partial charge in [0, 0.05) is 73.9 Å². The standard InChI is InChI=1S/C41H64N10O4Si2/c1-29(15-19-55-57(9,10)41(5,6)7)51-33-23-35(43-24-31(33)38(46-51)50-26-30(22-36(50)52)25-48-17-12-11-13-18-48)44-34-14-16-42-37(45-34)32-27-49(47(8)39(32)53)28-54-20-21-56-40(2,3)4/h14,16,23-24,27,29-30H,11-13,15,17-22,25-26,28H2,1-10H3,(H,42,43,44,45)/t29-,30?/m0/s1. The Balaban J connectivity index is 1.23. The first-order valence-corrected chi connectivity index (χ1v) is 24.8. The lowest BCUT2D eigenvalue weighted by molar-refractivity contribution is -0.117. The summed E-state index contributed by atoms with van der Waals surface area (Å²) < 4.78 is 17.8. The highest BCUT2D eigenvalue weighted by molar-refractivity contribution is 6.74. The van der Waals surface area contributed by atoms with Crippen LogP contribution in [0.3, 0.4) is 0 Å². The van der Waals surface area contributed by atoms with Gasteiger partial charge >= 0.3 is 0 Å². The number of carbonyl (C=O) groups excluding carboxylic acids is 1. The summed E-state index contributed by atoms with van der Waals surface area (Å²) in [6.07, 6.45) is 10.2. The number of hydrogen-bond acceptors (Lipinski definition) is 10. The molecule has 4 aromatic rings. The number of piperidine rings is 1. The lowest BCUT2D eigenvalue weighted by Crippen LogP contribution is -2.41. The lowest BCUT2D eigenvalue weighted by Gasteiger charge is -2.36. The zero-order valence-corrected chi connectivity index (χ0v) is 37.9. The molecule has 57 heavy (non-hydrogen) atoms. The van der Waals surface area contributed by atoms with Gasteiger partial charge in [0.15, 0.2) is 20.0 Å². The molecular weight excluding hydrogens is 753 g/mol. The van der Waals surface area contributed by atoms with Crippen molar-refractivity contribution in [3.63, 3.8) is 0 Å². The first kappa shape index (κ1) is 42.9. The SMILES string of the molecule is C[C@@H](CCO[Si](C)(C)C(C)(C)C)n1nc(N2CC(CN3CCCCC3)CC2=O)c2cnc(Nc3ccnc(-c4cn(COCC[Si]C(C)(C)C)n(C)c4=O)n3)cc21. The highest BCUT2D eigenvalue weighted by atomic mass is 28.4. The van der Waals surface area contributed by atoms with Crippen LogP contribution in [0.5, 0.6) is 0 Å². The van der Waals surface area contributed by atoms with E-state index in [0.717, 1.165) is 52.5 Å². The minimum absolute atomic E-state index is 0.00286. The van der Waals surface area contributed by atoms with Crippen LogP contribution in [0.4, 0.5) is 17.5 Å². The average Bonchev–Trinajstić information content (AvgIpc) is 3.79. The van der Waals surface area contributed by atoms with E-state index in [4.69, 9.17) is 24.2 Å². The van der Waals surface area contributed by atoms with Gasteiger partial charge in [0.05, 0.1) is 16.9 Å². The molecular formula is C41H64N10O4Si2. The Morgan fingerprint density at radius 3 is 2.51 bits per heavy atom. The van der Waals surface area contributed by atoms with E-state index in [1.54, 1.807) is 36.4 Å². The number of likely N-dealkylation sites (tertiary alicyclic amines) is 1. The molecule has 14 nitrogen and oxygen atoms in total. The molecule has 2 atom stereocenters. The molecule has 2 radical (unpaired) electrons. The Kier molecular flexibility index (Phi) is 13.3. The molecule has 0 bridgehead atoms. The summed E-state index contributed by atoms with van der Waals surface area (Å²) in [5.74, 6) is 2.42. The van der Waals surface area contributed by atoms with Gasteiger partial charge in [-0.1, -0.05) is 48.0 Å². The maximum absolute atomic E-state index is 13.6. The number of ether oxygens (including phenoxy) is 1. The number of anilines is 3. The topological polar surface area (TPSA) is 137 Å². The maximum atomic E-state index is 13.6. The minimum Gasteiger partial charge on any atom is -0.417 e. The molecule has 1 amide bonds. The van der Waals surface area contributed by atoms with Gasteiger partial charge in [-0.2, -0.15) is 5.10 Å². The fourth-order valence-corrected chi connectivity index (χ4v) is 9.32. The summed E-state index contributed by atoms with van der Waals surface area (Å²) in [6, 6.07) is 4.70. The van der Waals surface area contributed by atoms with E-state index in [1.807, 2.05) is 15.6 Å².